The highest BCUT2D eigenvalue weighted by atomic mass is 16.2. The number of amides is 1. The van der Waals surface area contributed by atoms with Crippen molar-refractivity contribution in [3.05, 3.63) is 12.7 Å². The zero-order valence-electron chi connectivity index (χ0n) is 8.50. The number of rotatable bonds is 4. The van der Waals surface area contributed by atoms with Gasteiger partial charge >= 0.3 is 0 Å². The van der Waals surface area contributed by atoms with Crippen LogP contribution in [0.3, 0.4) is 0 Å². The van der Waals surface area contributed by atoms with Crippen LogP contribution in [0.15, 0.2) is 12.7 Å². The Morgan fingerprint density at radius 3 is 2.17 bits per heavy atom. The van der Waals surface area contributed by atoms with Gasteiger partial charge in [0.1, 0.15) is 0 Å². The minimum Gasteiger partial charge on any atom is -0.336 e. The molecule has 2 heteroatoms. The first-order chi connectivity index (χ1) is 5.49. The predicted octanol–water partition coefficient (Wildman–Crippen LogP) is 2.07. The van der Waals surface area contributed by atoms with E-state index in [9.17, 15) is 4.79 Å². The van der Waals surface area contributed by atoms with Gasteiger partial charge in [-0.15, -0.1) is 0 Å². The summed E-state index contributed by atoms with van der Waals surface area (Å²) >= 11 is 0. The number of carbonyl (C=O) groups excluding carboxylic acids is 1. The normalized spacial score (nSPS) is 10.5. The van der Waals surface area contributed by atoms with Crippen LogP contribution in [0.4, 0.5) is 0 Å². The molecule has 70 valence electrons. The van der Waals surface area contributed by atoms with Crippen molar-refractivity contribution in [3.63, 3.8) is 0 Å². The van der Waals surface area contributed by atoms with E-state index in [4.69, 9.17) is 0 Å². The molecule has 0 spiro atoms. The van der Waals surface area contributed by atoms with Crippen LogP contribution >= 0.6 is 0 Å². The van der Waals surface area contributed by atoms with Crippen molar-refractivity contribution in [1.82, 2.24) is 4.90 Å². The molecule has 0 unspecified atom stereocenters. The Morgan fingerprint density at radius 1 is 1.42 bits per heavy atom. The summed E-state index contributed by atoms with van der Waals surface area (Å²) in [5, 5.41) is 0. The van der Waals surface area contributed by atoms with E-state index in [-0.39, 0.29) is 11.9 Å². The number of hydrogen-bond donors (Lipinski definition) is 0. The molecule has 0 saturated heterocycles. The van der Waals surface area contributed by atoms with Gasteiger partial charge < -0.3 is 4.90 Å². The highest BCUT2D eigenvalue weighted by Gasteiger charge is 2.14. The Labute approximate surface area is 75.3 Å². The largest absolute Gasteiger partial charge is 0.336 e. The number of nitrogens with zero attached hydrogens (tertiary/aromatic N) is 1. The lowest BCUT2D eigenvalue weighted by atomic mass is 10.2. The maximum Gasteiger partial charge on any atom is 0.246 e. The maximum atomic E-state index is 11.3. The summed E-state index contributed by atoms with van der Waals surface area (Å²) in [5.74, 6) is 0.537. The minimum atomic E-state index is 0.0266. The minimum absolute atomic E-state index is 0.0266. The van der Waals surface area contributed by atoms with E-state index in [1.54, 1.807) is 0 Å². The van der Waals surface area contributed by atoms with Gasteiger partial charge in [0.25, 0.3) is 0 Å². The fourth-order valence-electron chi connectivity index (χ4n) is 1.07. The van der Waals surface area contributed by atoms with Crippen molar-refractivity contribution < 1.29 is 4.79 Å². The molecule has 0 aromatic rings. The van der Waals surface area contributed by atoms with E-state index in [0.29, 0.717) is 5.92 Å². The molecule has 0 radical (unpaired) electrons. The first kappa shape index (κ1) is 11.2. The molecule has 0 N–H and O–H groups in total. The lowest BCUT2D eigenvalue weighted by molar-refractivity contribution is -0.128. The Morgan fingerprint density at radius 2 is 1.92 bits per heavy atom. The summed E-state index contributed by atoms with van der Waals surface area (Å²) in [5.41, 5.74) is 0. The first-order valence-electron chi connectivity index (χ1n) is 4.42. The monoisotopic (exact) mass is 169 g/mol. The van der Waals surface area contributed by atoms with Gasteiger partial charge in [-0.05, 0) is 25.8 Å². The number of hydrogen-bond acceptors (Lipinski definition) is 1. The zero-order chi connectivity index (χ0) is 9.72. The molecule has 0 aliphatic rings. The van der Waals surface area contributed by atoms with E-state index < -0.39 is 0 Å². The standard InChI is InChI=1S/C10H19NO/c1-6-10(12)11(9(4)5)7-8(2)3/h6,8-9H,1,7H2,2-5H3. The van der Waals surface area contributed by atoms with Crippen LogP contribution in [-0.2, 0) is 4.79 Å². The second-order valence-electron chi connectivity index (χ2n) is 3.68. The van der Waals surface area contributed by atoms with Crippen LogP contribution in [-0.4, -0.2) is 23.4 Å². The van der Waals surface area contributed by atoms with Crippen molar-refractivity contribution in [1.29, 1.82) is 0 Å². The highest BCUT2D eigenvalue weighted by Crippen LogP contribution is 2.04. The highest BCUT2D eigenvalue weighted by molar-refractivity contribution is 5.87. The van der Waals surface area contributed by atoms with E-state index in [1.165, 1.54) is 6.08 Å². The fourth-order valence-corrected chi connectivity index (χ4v) is 1.07. The lowest BCUT2D eigenvalue weighted by Gasteiger charge is -2.27. The average molecular weight is 169 g/mol. The van der Waals surface area contributed by atoms with Crippen molar-refractivity contribution in [2.75, 3.05) is 6.54 Å². The molecule has 0 rings (SSSR count). The van der Waals surface area contributed by atoms with E-state index in [1.807, 2.05) is 18.7 Å². The van der Waals surface area contributed by atoms with Gasteiger partial charge in [0.15, 0.2) is 0 Å². The third-order valence-corrected chi connectivity index (χ3v) is 1.64. The van der Waals surface area contributed by atoms with Gasteiger partial charge in [-0.3, -0.25) is 4.79 Å². The third kappa shape index (κ3) is 3.56. The molecule has 2 nitrogen and oxygen atoms in total. The van der Waals surface area contributed by atoms with E-state index in [2.05, 4.69) is 20.4 Å². The van der Waals surface area contributed by atoms with Crippen molar-refractivity contribution >= 4 is 5.91 Å². The van der Waals surface area contributed by atoms with Crippen LogP contribution in [0.5, 0.6) is 0 Å². The predicted molar refractivity (Wildman–Crippen MR) is 51.9 cm³/mol. The van der Waals surface area contributed by atoms with E-state index >= 15 is 0 Å². The third-order valence-electron chi connectivity index (χ3n) is 1.64. The second kappa shape index (κ2) is 4.96. The summed E-state index contributed by atoms with van der Waals surface area (Å²) < 4.78 is 0. The molecule has 12 heavy (non-hydrogen) atoms. The van der Waals surface area contributed by atoms with Crippen molar-refractivity contribution in [3.8, 4) is 0 Å². The van der Waals surface area contributed by atoms with Gasteiger partial charge in [-0.1, -0.05) is 20.4 Å². The molecule has 0 saturated carbocycles. The second-order valence-corrected chi connectivity index (χ2v) is 3.68. The fraction of sp³-hybridized carbons (Fsp3) is 0.700. The summed E-state index contributed by atoms with van der Waals surface area (Å²) in [6, 6.07) is 0.262. The smallest absolute Gasteiger partial charge is 0.246 e. The van der Waals surface area contributed by atoms with Crippen LogP contribution < -0.4 is 0 Å². The number of carbonyl (C=O) groups is 1. The van der Waals surface area contributed by atoms with Crippen molar-refractivity contribution in [2.24, 2.45) is 5.92 Å². The molecule has 0 aromatic carbocycles. The molecular formula is C10H19NO. The topological polar surface area (TPSA) is 20.3 Å². The Bertz CT molecular complexity index is 161. The van der Waals surface area contributed by atoms with Gasteiger partial charge in [0.2, 0.25) is 5.91 Å². The first-order valence-corrected chi connectivity index (χ1v) is 4.42. The Hall–Kier alpha value is -0.790. The van der Waals surface area contributed by atoms with E-state index in [0.717, 1.165) is 6.54 Å². The summed E-state index contributed by atoms with van der Waals surface area (Å²) in [7, 11) is 0. The van der Waals surface area contributed by atoms with Crippen molar-refractivity contribution in [2.45, 2.75) is 33.7 Å². The molecule has 0 aromatic heterocycles. The van der Waals surface area contributed by atoms with Crippen LogP contribution in [0.2, 0.25) is 0 Å². The van der Waals surface area contributed by atoms with Gasteiger partial charge in [0, 0.05) is 12.6 Å². The molecule has 0 fully saturated rings. The lowest BCUT2D eigenvalue weighted by Crippen LogP contribution is -2.38. The molecule has 0 aliphatic heterocycles. The van der Waals surface area contributed by atoms with Gasteiger partial charge in [-0.25, -0.2) is 0 Å². The maximum absolute atomic E-state index is 11.3. The zero-order valence-corrected chi connectivity index (χ0v) is 8.50. The van der Waals surface area contributed by atoms with Crippen LogP contribution in [0, 0.1) is 5.92 Å². The van der Waals surface area contributed by atoms with Crippen LogP contribution in [0.25, 0.3) is 0 Å². The molecule has 0 aliphatic carbocycles. The molecular weight excluding hydrogens is 150 g/mol. The molecule has 0 atom stereocenters. The molecule has 0 bridgehead atoms. The Balaban J connectivity index is 4.23. The summed E-state index contributed by atoms with van der Waals surface area (Å²) in [6.45, 7) is 12.5. The van der Waals surface area contributed by atoms with Gasteiger partial charge in [0.05, 0.1) is 0 Å². The Kier molecular flexibility index (Phi) is 4.64. The summed E-state index contributed by atoms with van der Waals surface area (Å²) in [6.07, 6.45) is 1.38. The SMILES string of the molecule is C=CC(=O)N(CC(C)C)C(C)C. The molecule has 0 heterocycles. The van der Waals surface area contributed by atoms with Gasteiger partial charge in [-0.2, -0.15) is 0 Å². The average Bonchev–Trinajstić information content (AvgIpc) is 1.98. The quantitative estimate of drug-likeness (QED) is 0.590. The summed E-state index contributed by atoms with van der Waals surface area (Å²) in [4.78, 5) is 13.1. The van der Waals surface area contributed by atoms with Crippen LogP contribution in [0.1, 0.15) is 27.7 Å². The molecule has 1 amide bonds.